The van der Waals surface area contributed by atoms with E-state index in [0.717, 1.165) is 5.56 Å². The predicted octanol–water partition coefficient (Wildman–Crippen LogP) is 5.17. The van der Waals surface area contributed by atoms with Crippen molar-refractivity contribution >= 4 is 29.4 Å². The number of halogens is 1. The van der Waals surface area contributed by atoms with Crippen LogP contribution in [0.3, 0.4) is 0 Å². The standard InChI is InChI=1S/C23H19ClN2O3/c1-25-23(28)21-15-20(13-14-26-21)29-19-11-5-16(6-12-19)3-2-4-22(27)17-7-9-18(24)10-8-17/h2-3,5-15H,4H2,1H3,(H,25,28)/b3-2+. The molecule has 0 saturated heterocycles. The monoisotopic (exact) mass is 406 g/mol. The highest BCUT2D eigenvalue weighted by molar-refractivity contribution is 6.30. The summed E-state index contributed by atoms with van der Waals surface area (Å²) in [7, 11) is 1.55. The van der Waals surface area contributed by atoms with Crippen molar-refractivity contribution in [1.82, 2.24) is 10.3 Å². The molecule has 3 aromatic rings. The van der Waals surface area contributed by atoms with Gasteiger partial charge in [0, 0.05) is 36.3 Å². The molecule has 0 aliphatic heterocycles. The summed E-state index contributed by atoms with van der Waals surface area (Å²) in [6, 6.07) is 17.5. The Labute approximate surface area is 174 Å². The third-order valence-electron chi connectivity index (χ3n) is 4.09. The molecule has 0 unspecified atom stereocenters. The number of amides is 1. The first kappa shape index (κ1) is 20.3. The molecule has 5 nitrogen and oxygen atoms in total. The van der Waals surface area contributed by atoms with Crippen LogP contribution in [0.4, 0.5) is 0 Å². The van der Waals surface area contributed by atoms with E-state index in [0.29, 0.717) is 28.5 Å². The van der Waals surface area contributed by atoms with Crippen LogP contribution in [0.15, 0.2) is 72.9 Å². The summed E-state index contributed by atoms with van der Waals surface area (Å²) < 4.78 is 5.77. The van der Waals surface area contributed by atoms with Gasteiger partial charge in [0.05, 0.1) is 0 Å². The molecule has 29 heavy (non-hydrogen) atoms. The van der Waals surface area contributed by atoms with Crippen molar-refractivity contribution in [2.45, 2.75) is 6.42 Å². The average molecular weight is 407 g/mol. The van der Waals surface area contributed by atoms with E-state index in [1.54, 1.807) is 43.4 Å². The second-order valence-corrected chi connectivity index (χ2v) is 6.60. The number of benzene rings is 2. The minimum absolute atomic E-state index is 0.0301. The number of carbonyl (C=O) groups excluding carboxylic acids is 2. The lowest BCUT2D eigenvalue weighted by atomic mass is 10.1. The smallest absolute Gasteiger partial charge is 0.269 e. The van der Waals surface area contributed by atoms with Crippen molar-refractivity contribution in [2.24, 2.45) is 0 Å². The van der Waals surface area contributed by atoms with Crippen molar-refractivity contribution in [1.29, 1.82) is 0 Å². The summed E-state index contributed by atoms with van der Waals surface area (Å²) in [5.41, 5.74) is 1.87. The number of hydrogen-bond donors (Lipinski definition) is 1. The number of carbonyl (C=O) groups is 2. The van der Waals surface area contributed by atoms with Crippen LogP contribution in [-0.4, -0.2) is 23.7 Å². The highest BCUT2D eigenvalue weighted by atomic mass is 35.5. The number of nitrogens with zero attached hydrogens (tertiary/aromatic N) is 1. The molecule has 3 rings (SSSR count). The van der Waals surface area contributed by atoms with Gasteiger partial charge in [-0.3, -0.25) is 14.6 Å². The first-order valence-electron chi connectivity index (χ1n) is 8.96. The van der Waals surface area contributed by atoms with Crippen LogP contribution in [0.2, 0.25) is 5.02 Å². The molecule has 0 fully saturated rings. The highest BCUT2D eigenvalue weighted by Crippen LogP contribution is 2.22. The predicted molar refractivity (Wildman–Crippen MR) is 114 cm³/mol. The number of aromatic nitrogens is 1. The number of pyridine rings is 1. The molecular formula is C23H19ClN2O3. The van der Waals surface area contributed by atoms with E-state index in [1.165, 1.54) is 6.20 Å². The Morgan fingerprint density at radius 2 is 1.76 bits per heavy atom. The third kappa shape index (κ3) is 5.77. The SMILES string of the molecule is CNC(=O)c1cc(Oc2ccc(/C=C/CC(=O)c3ccc(Cl)cc3)cc2)ccn1. The van der Waals surface area contributed by atoms with Gasteiger partial charge in [0.1, 0.15) is 17.2 Å². The Balaban J connectivity index is 1.58. The zero-order chi connectivity index (χ0) is 20.6. The lowest BCUT2D eigenvalue weighted by molar-refractivity contribution is 0.0956. The van der Waals surface area contributed by atoms with Crippen LogP contribution in [0.25, 0.3) is 6.08 Å². The molecule has 0 aliphatic rings. The van der Waals surface area contributed by atoms with Gasteiger partial charge >= 0.3 is 0 Å². The van der Waals surface area contributed by atoms with Gasteiger partial charge in [0.25, 0.3) is 5.91 Å². The number of nitrogens with one attached hydrogen (secondary N) is 1. The fourth-order valence-electron chi connectivity index (χ4n) is 2.57. The highest BCUT2D eigenvalue weighted by Gasteiger charge is 2.07. The van der Waals surface area contributed by atoms with Gasteiger partial charge in [-0.25, -0.2) is 0 Å². The normalized spacial score (nSPS) is 10.7. The van der Waals surface area contributed by atoms with E-state index in [-0.39, 0.29) is 17.4 Å². The molecule has 1 amide bonds. The molecule has 2 aromatic carbocycles. The molecule has 1 aromatic heterocycles. The molecule has 0 saturated carbocycles. The lowest BCUT2D eigenvalue weighted by Gasteiger charge is -2.07. The van der Waals surface area contributed by atoms with Crippen molar-refractivity contribution in [3.63, 3.8) is 0 Å². The summed E-state index contributed by atoms with van der Waals surface area (Å²) in [5.74, 6) is 0.912. The third-order valence-corrected chi connectivity index (χ3v) is 4.34. The van der Waals surface area contributed by atoms with E-state index >= 15 is 0 Å². The van der Waals surface area contributed by atoms with Crippen LogP contribution >= 0.6 is 11.6 Å². The molecule has 0 radical (unpaired) electrons. The van der Waals surface area contributed by atoms with E-state index < -0.39 is 0 Å². The second-order valence-electron chi connectivity index (χ2n) is 6.16. The molecule has 6 heteroatoms. The van der Waals surface area contributed by atoms with Gasteiger partial charge in [-0.1, -0.05) is 35.9 Å². The Morgan fingerprint density at radius 1 is 1.03 bits per heavy atom. The summed E-state index contributed by atoms with van der Waals surface area (Å²) in [6.07, 6.45) is 5.53. The van der Waals surface area contributed by atoms with E-state index in [1.807, 2.05) is 36.4 Å². The quantitative estimate of drug-likeness (QED) is 0.549. The fourth-order valence-corrected chi connectivity index (χ4v) is 2.69. The van der Waals surface area contributed by atoms with Crippen LogP contribution in [0.5, 0.6) is 11.5 Å². The van der Waals surface area contributed by atoms with Gasteiger partial charge in [-0.05, 0) is 48.0 Å². The summed E-state index contributed by atoms with van der Waals surface area (Å²) in [6.45, 7) is 0. The van der Waals surface area contributed by atoms with Crippen LogP contribution in [0.1, 0.15) is 32.8 Å². The van der Waals surface area contributed by atoms with Gasteiger partial charge in [0.2, 0.25) is 0 Å². The van der Waals surface area contributed by atoms with E-state index in [4.69, 9.17) is 16.3 Å². The van der Waals surface area contributed by atoms with Crippen LogP contribution in [0, 0.1) is 0 Å². The molecule has 0 spiro atoms. The topological polar surface area (TPSA) is 68.3 Å². The molecule has 1 N–H and O–H groups in total. The minimum atomic E-state index is -0.274. The minimum Gasteiger partial charge on any atom is -0.457 e. The zero-order valence-electron chi connectivity index (χ0n) is 15.8. The van der Waals surface area contributed by atoms with Crippen molar-refractivity contribution < 1.29 is 14.3 Å². The Bertz CT molecular complexity index is 1030. The first-order chi connectivity index (χ1) is 14.0. The maximum absolute atomic E-state index is 12.2. The zero-order valence-corrected chi connectivity index (χ0v) is 16.5. The van der Waals surface area contributed by atoms with Gasteiger partial charge in [-0.2, -0.15) is 0 Å². The summed E-state index contributed by atoms with van der Waals surface area (Å²) >= 11 is 5.84. The fraction of sp³-hybridized carbons (Fsp3) is 0.0870. The molecule has 0 bridgehead atoms. The molecule has 0 atom stereocenters. The molecule has 146 valence electrons. The van der Waals surface area contributed by atoms with Crippen molar-refractivity contribution in [3.8, 4) is 11.5 Å². The lowest BCUT2D eigenvalue weighted by Crippen LogP contribution is -2.18. The summed E-state index contributed by atoms with van der Waals surface area (Å²) in [4.78, 5) is 27.8. The first-order valence-corrected chi connectivity index (χ1v) is 9.34. The van der Waals surface area contributed by atoms with Crippen molar-refractivity contribution in [3.05, 3.63) is 94.8 Å². The maximum atomic E-state index is 12.2. The Kier molecular flexibility index (Phi) is 6.76. The number of Topliss-reactive ketones (excluding diaryl/α,β-unsaturated/α-hetero) is 1. The van der Waals surface area contributed by atoms with Gasteiger partial charge in [-0.15, -0.1) is 0 Å². The van der Waals surface area contributed by atoms with Gasteiger partial charge < -0.3 is 10.1 Å². The Hall–Kier alpha value is -3.44. The van der Waals surface area contributed by atoms with E-state index in [2.05, 4.69) is 10.3 Å². The van der Waals surface area contributed by atoms with Crippen LogP contribution < -0.4 is 10.1 Å². The number of rotatable bonds is 7. The van der Waals surface area contributed by atoms with E-state index in [9.17, 15) is 9.59 Å². The van der Waals surface area contributed by atoms with Crippen molar-refractivity contribution in [2.75, 3.05) is 7.05 Å². The largest absolute Gasteiger partial charge is 0.457 e. The average Bonchev–Trinajstić information content (AvgIpc) is 2.75. The van der Waals surface area contributed by atoms with Gasteiger partial charge in [0.15, 0.2) is 5.78 Å². The summed E-state index contributed by atoms with van der Waals surface area (Å²) in [5, 5.41) is 3.13. The molecule has 0 aliphatic carbocycles. The second kappa shape index (κ2) is 9.66. The molecule has 1 heterocycles. The maximum Gasteiger partial charge on any atom is 0.269 e. The number of hydrogen-bond acceptors (Lipinski definition) is 4. The Morgan fingerprint density at radius 3 is 2.45 bits per heavy atom. The number of allylic oxidation sites excluding steroid dienone is 1. The molecular weight excluding hydrogens is 388 g/mol. The number of ketones is 1. The van der Waals surface area contributed by atoms with Crippen LogP contribution in [-0.2, 0) is 0 Å². The number of ether oxygens (including phenoxy) is 1.